The number of carbonyl (C=O) groups excluding carboxylic acids is 1. The Labute approximate surface area is 154 Å². The van der Waals surface area contributed by atoms with Gasteiger partial charge in [-0.15, -0.1) is 0 Å². The van der Waals surface area contributed by atoms with Gasteiger partial charge in [0.15, 0.2) is 5.75 Å². The summed E-state index contributed by atoms with van der Waals surface area (Å²) in [6.07, 6.45) is 9.69. The Morgan fingerprint density at radius 2 is 1.68 bits per heavy atom. The molecule has 0 radical (unpaired) electrons. The molecule has 140 valence electrons. The van der Waals surface area contributed by atoms with E-state index in [0.717, 1.165) is 44.8 Å². The van der Waals surface area contributed by atoms with Crippen LogP contribution < -0.4 is 10.0 Å². The molecule has 0 heterocycles. The first-order valence-electron chi connectivity index (χ1n) is 8.57. The maximum Gasteiger partial charge on any atom is 0.255 e. The third-order valence-electron chi connectivity index (χ3n) is 4.31. The third kappa shape index (κ3) is 6.40. The zero-order chi connectivity index (χ0) is 18.4. The average Bonchev–Trinajstić information content (AvgIpc) is 2.63. The Morgan fingerprint density at radius 1 is 1.12 bits per heavy atom. The number of sulfonamides is 1. The summed E-state index contributed by atoms with van der Waals surface area (Å²) in [4.78, 5) is 12.6. The summed E-state index contributed by atoms with van der Waals surface area (Å²) >= 11 is 5.98. The lowest BCUT2D eigenvalue weighted by Crippen LogP contribution is -2.35. The Kier molecular flexibility index (Phi) is 6.95. The molecule has 1 saturated carbocycles. The molecule has 1 aliphatic carbocycles. The molecule has 8 heteroatoms. The van der Waals surface area contributed by atoms with E-state index in [1.165, 1.54) is 25.0 Å². The van der Waals surface area contributed by atoms with Crippen molar-refractivity contribution < 1.29 is 18.3 Å². The number of phenols is 1. The maximum atomic E-state index is 12.6. The van der Waals surface area contributed by atoms with E-state index in [4.69, 9.17) is 11.6 Å². The van der Waals surface area contributed by atoms with Gasteiger partial charge in [-0.3, -0.25) is 9.52 Å². The number of aromatic hydroxyl groups is 1. The van der Waals surface area contributed by atoms with Crippen LogP contribution >= 0.6 is 11.6 Å². The summed E-state index contributed by atoms with van der Waals surface area (Å²) in [6, 6.07) is 2.67. The Hall–Kier alpha value is -1.47. The zero-order valence-corrected chi connectivity index (χ0v) is 15.9. The SMILES string of the molecule is CS(=O)(=O)Nc1cc(Cl)cc(C(=O)NC2CCCCCCCC2)c1O. The van der Waals surface area contributed by atoms with E-state index in [-0.39, 0.29) is 22.3 Å². The van der Waals surface area contributed by atoms with Gasteiger partial charge in [0.05, 0.1) is 17.5 Å². The molecule has 6 nitrogen and oxygen atoms in total. The molecule has 1 amide bonds. The van der Waals surface area contributed by atoms with Crippen molar-refractivity contribution in [3.63, 3.8) is 0 Å². The first-order chi connectivity index (χ1) is 11.8. The number of phenolic OH excluding ortho intramolecular Hbond substituents is 1. The van der Waals surface area contributed by atoms with Crippen molar-refractivity contribution in [3.8, 4) is 5.75 Å². The van der Waals surface area contributed by atoms with Crippen molar-refractivity contribution in [2.24, 2.45) is 0 Å². The van der Waals surface area contributed by atoms with Crippen LogP contribution in [0.3, 0.4) is 0 Å². The largest absolute Gasteiger partial charge is 0.505 e. The lowest BCUT2D eigenvalue weighted by Gasteiger charge is -2.19. The second-order valence-corrected chi connectivity index (χ2v) is 8.78. The molecule has 0 bridgehead atoms. The van der Waals surface area contributed by atoms with E-state index in [1.807, 2.05) is 0 Å². The van der Waals surface area contributed by atoms with Crippen molar-refractivity contribution in [2.75, 3.05) is 11.0 Å². The molecule has 0 unspecified atom stereocenters. The highest BCUT2D eigenvalue weighted by Gasteiger charge is 2.21. The number of anilines is 1. The predicted octanol–water partition coefficient (Wildman–Crippen LogP) is 3.65. The molecule has 0 saturated heterocycles. The zero-order valence-electron chi connectivity index (χ0n) is 14.3. The second-order valence-electron chi connectivity index (χ2n) is 6.59. The van der Waals surface area contributed by atoms with Gasteiger partial charge in [-0.25, -0.2) is 8.42 Å². The minimum atomic E-state index is -3.60. The van der Waals surface area contributed by atoms with Crippen molar-refractivity contribution in [2.45, 2.75) is 57.4 Å². The fourth-order valence-corrected chi connectivity index (χ4v) is 3.86. The molecule has 3 N–H and O–H groups in total. The maximum absolute atomic E-state index is 12.6. The molecular weight excluding hydrogens is 364 g/mol. The minimum absolute atomic E-state index is 0.0291. The molecule has 1 aromatic carbocycles. The van der Waals surface area contributed by atoms with Crippen LogP contribution in [0.4, 0.5) is 5.69 Å². The van der Waals surface area contributed by atoms with Gasteiger partial charge < -0.3 is 10.4 Å². The highest BCUT2D eigenvalue weighted by Crippen LogP contribution is 2.32. The molecule has 1 aromatic rings. The number of benzene rings is 1. The van der Waals surface area contributed by atoms with Gasteiger partial charge in [0, 0.05) is 11.1 Å². The van der Waals surface area contributed by atoms with Gasteiger partial charge >= 0.3 is 0 Å². The van der Waals surface area contributed by atoms with E-state index in [1.54, 1.807) is 0 Å². The number of hydrogen-bond acceptors (Lipinski definition) is 4. The summed E-state index contributed by atoms with van der Waals surface area (Å²) in [7, 11) is -3.60. The Morgan fingerprint density at radius 3 is 2.24 bits per heavy atom. The summed E-state index contributed by atoms with van der Waals surface area (Å²) in [5.74, 6) is -0.865. The summed E-state index contributed by atoms with van der Waals surface area (Å²) in [5, 5.41) is 13.4. The smallest absolute Gasteiger partial charge is 0.255 e. The van der Waals surface area contributed by atoms with Crippen LogP contribution in [0.5, 0.6) is 5.75 Å². The first kappa shape index (κ1) is 19.8. The van der Waals surface area contributed by atoms with Gasteiger partial charge in [0.2, 0.25) is 10.0 Å². The molecule has 0 spiro atoms. The molecule has 25 heavy (non-hydrogen) atoms. The standard InChI is InChI=1S/C17H25ClN2O4S/c1-25(23,24)20-15-11-12(18)10-14(16(15)21)17(22)19-13-8-6-4-2-3-5-7-9-13/h10-11,13,20-21H,2-9H2,1H3,(H,19,22). The van der Waals surface area contributed by atoms with Crippen LogP contribution in [-0.2, 0) is 10.0 Å². The lowest BCUT2D eigenvalue weighted by molar-refractivity contribution is 0.0929. The Bertz CT molecular complexity index is 712. The van der Waals surface area contributed by atoms with Gasteiger partial charge in [-0.05, 0) is 25.0 Å². The van der Waals surface area contributed by atoms with E-state index >= 15 is 0 Å². The number of hydrogen-bond donors (Lipinski definition) is 3. The van der Waals surface area contributed by atoms with Crippen molar-refractivity contribution in [1.29, 1.82) is 0 Å². The number of nitrogens with one attached hydrogen (secondary N) is 2. The topological polar surface area (TPSA) is 95.5 Å². The molecule has 0 aliphatic heterocycles. The Balaban J connectivity index is 2.17. The normalized spacial score (nSPS) is 17.2. The second kappa shape index (κ2) is 8.76. The average molecular weight is 389 g/mol. The van der Waals surface area contributed by atoms with Crippen molar-refractivity contribution in [1.82, 2.24) is 5.32 Å². The number of amides is 1. The van der Waals surface area contributed by atoms with E-state index < -0.39 is 21.7 Å². The highest BCUT2D eigenvalue weighted by molar-refractivity contribution is 7.92. The molecule has 0 aromatic heterocycles. The number of rotatable bonds is 4. The van der Waals surface area contributed by atoms with Crippen molar-refractivity contribution in [3.05, 3.63) is 22.7 Å². The van der Waals surface area contributed by atoms with Crippen LogP contribution in [0, 0.1) is 0 Å². The molecule has 0 atom stereocenters. The predicted molar refractivity (Wildman–Crippen MR) is 99.8 cm³/mol. The van der Waals surface area contributed by atoms with Crippen LogP contribution in [-0.4, -0.2) is 31.7 Å². The van der Waals surface area contributed by atoms with Crippen LogP contribution in [0.15, 0.2) is 12.1 Å². The minimum Gasteiger partial charge on any atom is -0.505 e. The molecule has 1 fully saturated rings. The molecule has 2 rings (SSSR count). The van der Waals surface area contributed by atoms with Crippen LogP contribution in [0.2, 0.25) is 5.02 Å². The van der Waals surface area contributed by atoms with E-state index in [2.05, 4.69) is 10.0 Å². The fourth-order valence-electron chi connectivity index (χ4n) is 3.09. The van der Waals surface area contributed by atoms with Crippen LogP contribution in [0.1, 0.15) is 61.7 Å². The monoisotopic (exact) mass is 388 g/mol. The molecular formula is C17H25ClN2O4S. The van der Waals surface area contributed by atoms with Crippen LogP contribution in [0.25, 0.3) is 0 Å². The lowest BCUT2D eigenvalue weighted by atomic mass is 10.0. The van der Waals surface area contributed by atoms with Gasteiger partial charge in [-0.1, -0.05) is 50.1 Å². The quantitative estimate of drug-likeness (QED) is 0.686. The van der Waals surface area contributed by atoms with Gasteiger partial charge in [0.25, 0.3) is 5.91 Å². The third-order valence-corrected chi connectivity index (χ3v) is 5.11. The summed E-state index contributed by atoms with van der Waals surface area (Å²) in [6.45, 7) is 0. The van der Waals surface area contributed by atoms with Crippen molar-refractivity contribution >= 4 is 33.2 Å². The van der Waals surface area contributed by atoms with Gasteiger partial charge in [0.1, 0.15) is 0 Å². The summed E-state index contributed by atoms with van der Waals surface area (Å²) < 4.78 is 25.0. The number of halogens is 1. The highest BCUT2D eigenvalue weighted by atomic mass is 35.5. The van der Waals surface area contributed by atoms with E-state index in [9.17, 15) is 18.3 Å². The first-order valence-corrected chi connectivity index (χ1v) is 10.8. The molecule has 1 aliphatic rings. The van der Waals surface area contributed by atoms with E-state index in [0.29, 0.717) is 0 Å². The fraction of sp³-hybridized carbons (Fsp3) is 0.588. The van der Waals surface area contributed by atoms with Gasteiger partial charge in [-0.2, -0.15) is 0 Å². The number of carbonyl (C=O) groups is 1. The summed E-state index contributed by atoms with van der Waals surface area (Å²) in [5.41, 5.74) is -0.131.